The molecule has 0 aliphatic carbocycles. The number of nitrogens with zero attached hydrogens (tertiary/aromatic N) is 4. The fourth-order valence-corrected chi connectivity index (χ4v) is 11.4. The molecule has 0 unspecified atom stereocenters. The number of rotatable bonds is 4. The maximum absolute atomic E-state index is 13.4. The summed E-state index contributed by atoms with van der Waals surface area (Å²) < 4.78 is 11.4. The number of hydrogen-bond acceptors (Lipinski definition) is 14. The summed E-state index contributed by atoms with van der Waals surface area (Å²) in [5.41, 5.74) is 9.64. The van der Waals surface area contributed by atoms with Gasteiger partial charge in [-0.15, -0.1) is 0 Å². The fraction of sp³-hybridized carbons (Fsp3) is 0.562. The van der Waals surface area contributed by atoms with Crippen molar-refractivity contribution < 1.29 is 47.8 Å². The minimum Gasteiger partial charge on any atom is -0.381 e. The number of aromatic nitrogens is 2. The molecule has 4 aliphatic rings. The maximum atomic E-state index is 13.4. The van der Waals surface area contributed by atoms with E-state index in [4.69, 9.17) is 9.47 Å². The number of Topliss-reactive ketones (excluding diaryl/α,β-unsaturated/α-hetero) is 2. The molecule has 4 aromatic rings. The topological polar surface area (TPSA) is 259 Å². The molecule has 0 radical (unpaired) electrons. The van der Waals surface area contributed by atoms with E-state index in [1.165, 1.54) is 10.0 Å². The molecule has 2 saturated heterocycles. The lowest BCUT2D eigenvalue weighted by Gasteiger charge is -2.35. The summed E-state index contributed by atoms with van der Waals surface area (Å²) in [6, 6.07) is 12.7. The van der Waals surface area contributed by atoms with Crippen LogP contribution in [0.25, 0.3) is 27.6 Å². The summed E-state index contributed by atoms with van der Waals surface area (Å²) in [5, 5.41) is 18.6. The summed E-state index contributed by atoms with van der Waals surface area (Å²) >= 11 is 0. The number of methoxy groups -OCH3 is 2. The zero-order valence-electron chi connectivity index (χ0n) is 51.0. The number of fused-ring (bicyclic) bond motifs is 8. The number of ketones is 2. The van der Waals surface area contributed by atoms with Gasteiger partial charge in [-0.1, -0.05) is 71.9 Å². The van der Waals surface area contributed by atoms with Crippen molar-refractivity contribution >= 4 is 74.6 Å². The molecule has 20 nitrogen and oxygen atoms in total. The van der Waals surface area contributed by atoms with E-state index in [1.807, 2.05) is 109 Å². The molecule has 6 N–H and O–H groups in total. The summed E-state index contributed by atoms with van der Waals surface area (Å²) in [5.74, 6) is -4.21. The summed E-state index contributed by atoms with van der Waals surface area (Å²) in [6.45, 7) is 19.2. The third kappa shape index (κ3) is 16.2. The number of amides is 6. The van der Waals surface area contributed by atoms with Gasteiger partial charge < -0.3 is 30.7 Å². The van der Waals surface area contributed by atoms with Crippen molar-refractivity contribution in [3.63, 3.8) is 0 Å². The molecule has 8 rings (SSSR count). The highest BCUT2D eigenvalue weighted by molar-refractivity contribution is 5.94. The molecule has 454 valence electrons. The Bertz CT molecular complexity index is 3080. The van der Waals surface area contributed by atoms with Gasteiger partial charge in [0.1, 0.15) is 35.7 Å². The van der Waals surface area contributed by atoms with Crippen LogP contribution >= 0.6 is 0 Å². The number of carbonyl (C=O) groups is 8. The van der Waals surface area contributed by atoms with Crippen LogP contribution in [0.2, 0.25) is 0 Å². The summed E-state index contributed by atoms with van der Waals surface area (Å²) in [7, 11) is 3.16. The number of ether oxygens (including phenoxy) is 2. The molecule has 6 amide bonds. The number of aryl methyl sites for hydroxylation is 1. The Balaban J connectivity index is 0.000000241. The van der Waals surface area contributed by atoms with Gasteiger partial charge in [0, 0.05) is 92.7 Å². The van der Waals surface area contributed by atoms with E-state index in [0.29, 0.717) is 57.3 Å². The summed E-state index contributed by atoms with van der Waals surface area (Å²) in [4.78, 5) is 116. The molecule has 2 aromatic heterocycles. The lowest BCUT2D eigenvalue weighted by atomic mass is 9.84. The third-order valence-electron chi connectivity index (χ3n) is 17.2. The summed E-state index contributed by atoms with van der Waals surface area (Å²) in [6.07, 6.45) is 10.2. The second-order valence-electron chi connectivity index (χ2n) is 24.0. The van der Waals surface area contributed by atoms with E-state index in [2.05, 4.69) is 48.2 Å². The van der Waals surface area contributed by atoms with Crippen molar-refractivity contribution in [2.45, 2.75) is 169 Å². The Morgan fingerprint density at radius 3 is 1.46 bits per heavy atom. The molecule has 2 fully saturated rings. The van der Waals surface area contributed by atoms with E-state index in [-0.39, 0.29) is 89.9 Å². The SMILES string of the molecule is CO[C@@H]1/C=C/c2cc3cc(ccc3cn2)[C@@H](C)NC(=O)[C@@H]2CCCN(N2)C(=O)[C@H](C)NC(=O)[C@H](C(C)C)CC(=O)[C@@H]1C.CO[C@@H]1CCc2cc3cc(ccc3cn2)[C@@H](C)NC(=O)[C@@H]2CCCN(N2)C(=O)[C@H](C)NC(=O)[C@H](C(C)C)CC(=O)[C@@H]1C. The molecule has 0 spiro atoms. The van der Waals surface area contributed by atoms with E-state index in [0.717, 1.165) is 38.4 Å². The molecule has 2 aromatic carbocycles. The van der Waals surface area contributed by atoms with Gasteiger partial charge in [0.2, 0.25) is 23.6 Å². The highest BCUT2D eigenvalue weighted by Crippen LogP contribution is 2.28. The van der Waals surface area contributed by atoms with Crippen LogP contribution < -0.4 is 32.1 Å². The average molecular weight is 1160 g/mol. The number of pyridine rings is 2. The number of hydrogen-bond donors (Lipinski definition) is 6. The van der Waals surface area contributed by atoms with Crippen LogP contribution in [0.15, 0.2) is 67.0 Å². The van der Waals surface area contributed by atoms with Crippen LogP contribution in [0.3, 0.4) is 0 Å². The van der Waals surface area contributed by atoms with Crippen molar-refractivity contribution in [2.24, 2.45) is 35.5 Å². The van der Waals surface area contributed by atoms with Gasteiger partial charge >= 0.3 is 0 Å². The van der Waals surface area contributed by atoms with Gasteiger partial charge in [0.15, 0.2) is 0 Å². The quantitative estimate of drug-likeness (QED) is 0.127. The first-order chi connectivity index (χ1) is 40.0. The van der Waals surface area contributed by atoms with Crippen LogP contribution in [0, 0.1) is 35.5 Å². The maximum Gasteiger partial charge on any atom is 0.258 e. The van der Waals surface area contributed by atoms with Gasteiger partial charge in [-0.05, 0) is 130 Å². The fourth-order valence-electron chi connectivity index (χ4n) is 11.4. The van der Waals surface area contributed by atoms with Crippen LogP contribution in [-0.2, 0) is 54.3 Å². The zero-order chi connectivity index (χ0) is 61.1. The molecule has 84 heavy (non-hydrogen) atoms. The standard InChI is InChI=1S/C32H45N5O5.C32H43N5O5/c2*1-18(2)26-16-28(38)19(3)29(42-6)12-11-25-15-24-14-22(9-10-23(24)17-33-25)20(4)34-31(40)27-8-7-13-37(36-27)32(41)21(5)35-30(26)39/h9-10,14-15,17-21,26-27,29,36H,7-8,11-13,16H2,1-6H3,(H,34,40)(H,35,39);9-12,14-15,17-21,26-27,29,36H,7-8,13,16H2,1-6H3,(H,34,40)(H,35,39)/b;12-11+/t2*19-,20+,21-,26-,27-,29+/m00/s1. The Kier molecular flexibility index (Phi) is 22.4. The minimum absolute atomic E-state index is 0.0265. The predicted molar refractivity (Wildman–Crippen MR) is 321 cm³/mol. The number of benzene rings is 2. The number of hydrazine groups is 2. The highest BCUT2D eigenvalue weighted by Gasteiger charge is 2.37. The molecule has 6 heterocycles. The largest absolute Gasteiger partial charge is 0.381 e. The zero-order valence-corrected chi connectivity index (χ0v) is 51.0. The average Bonchev–Trinajstić information content (AvgIpc) is 3.53. The van der Waals surface area contributed by atoms with Crippen LogP contribution in [-0.4, -0.2) is 131 Å². The van der Waals surface area contributed by atoms with Crippen LogP contribution in [0.5, 0.6) is 0 Å². The lowest BCUT2D eigenvalue weighted by Crippen LogP contribution is -2.61. The van der Waals surface area contributed by atoms with Crippen LogP contribution in [0.4, 0.5) is 0 Å². The molecule has 12 atom stereocenters. The van der Waals surface area contributed by atoms with Gasteiger partial charge in [0.05, 0.1) is 30.0 Å². The predicted octanol–water partition coefficient (Wildman–Crippen LogP) is 6.56. The normalized spacial score (nSPS) is 29.1. The number of carbonyl (C=O) groups excluding carboxylic acids is 8. The van der Waals surface area contributed by atoms with E-state index >= 15 is 0 Å². The molecular weight excluding hydrogens is 1070 g/mol. The first kappa shape index (κ1) is 64.6. The van der Waals surface area contributed by atoms with Gasteiger partial charge in [-0.25, -0.2) is 10.9 Å². The van der Waals surface area contributed by atoms with Gasteiger partial charge in [0.25, 0.3) is 11.8 Å². The first-order valence-corrected chi connectivity index (χ1v) is 29.9. The Hall–Kier alpha value is -7.00. The van der Waals surface area contributed by atoms with Crippen molar-refractivity contribution in [3.05, 3.63) is 89.5 Å². The second kappa shape index (κ2) is 29.2. The third-order valence-corrected chi connectivity index (χ3v) is 17.2. The minimum atomic E-state index is -0.833. The Labute approximate surface area is 494 Å². The lowest BCUT2D eigenvalue weighted by molar-refractivity contribution is -0.144. The van der Waals surface area contributed by atoms with Crippen LogP contribution in [0.1, 0.15) is 149 Å². The molecular formula is C64H88N10O10. The molecule has 0 saturated carbocycles. The van der Waals surface area contributed by atoms with Crippen molar-refractivity contribution in [1.29, 1.82) is 0 Å². The van der Waals surface area contributed by atoms with Crippen molar-refractivity contribution in [2.75, 3.05) is 27.3 Å². The molecule has 4 aliphatic heterocycles. The Morgan fingerprint density at radius 2 is 0.988 bits per heavy atom. The first-order valence-electron chi connectivity index (χ1n) is 29.9. The highest BCUT2D eigenvalue weighted by atomic mass is 16.5. The number of nitrogens with one attached hydrogen (secondary N) is 6. The van der Waals surface area contributed by atoms with Gasteiger partial charge in [-0.3, -0.25) is 58.3 Å². The smallest absolute Gasteiger partial charge is 0.258 e. The second-order valence-corrected chi connectivity index (χ2v) is 24.0. The Morgan fingerprint density at radius 1 is 0.524 bits per heavy atom. The monoisotopic (exact) mass is 1160 g/mol. The van der Waals surface area contributed by atoms with E-state index in [9.17, 15) is 38.4 Å². The molecule has 10 bridgehead atoms. The van der Waals surface area contributed by atoms with Crippen molar-refractivity contribution in [1.82, 2.24) is 52.1 Å². The van der Waals surface area contributed by atoms with E-state index in [1.54, 1.807) is 41.2 Å². The van der Waals surface area contributed by atoms with Crippen molar-refractivity contribution in [3.8, 4) is 0 Å². The van der Waals surface area contributed by atoms with E-state index < -0.39 is 53.9 Å². The van der Waals surface area contributed by atoms with Gasteiger partial charge in [-0.2, -0.15) is 0 Å². The molecule has 20 heteroatoms.